The van der Waals surface area contributed by atoms with Gasteiger partial charge in [0.15, 0.2) is 0 Å². The summed E-state index contributed by atoms with van der Waals surface area (Å²) in [7, 11) is 0. The maximum atomic E-state index is 10.9. The highest BCUT2D eigenvalue weighted by Crippen LogP contribution is 2.23. The summed E-state index contributed by atoms with van der Waals surface area (Å²) in [4.78, 5) is 10.9. The smallest absolute Gasteiger partial charge is 0.337 e. The molecule has 0 heterocycles. The third-order valence-corrected chi connectivity index (χ3v) is 2.59. The van der Waals surface area contributed by atoms with Gasteiger partial charge in [-0.15, -0.1) is 0 Å². The number of nitrogens with one attached hydrogen (secondary N) is 1. The summed E-state index contributed by atoms with van der Waals surface area (Å²) in [5.74, 6) is -1.04. The maximum absolute atomic E-state index is 10.9. The summed E-state index contributed by atoms with van der Waals surface area (Å²) in [5.41, 5.74) is 1.68. The van der Waals surface area contributed by atoms with Crippen LogP contribution in [0.25, 0.3) is 0 Å². The molecule has 2 aromatic rings. The van der Waals surface area contributed by atoms with Crippen LogP contribution < -0.4 is 5.32 Å². The second-order valence-corrected chi connectivity index (χ2v) is 3.90. The van der Waals surface area contributed by atoms with Gasteiger partial charge in [-0.3, -0.25) is 0 Å². The molecule has 0 fully saturated rings. The maximum Gasteiger partial charge on any atom is 0.337 e. The predicted molar refractivity (Wildman–Crippen MR) is 68.1 cm³/mol. The van der Waals surface area contributed by atoms with E-state index in [0.717, 1.165) is 5.69 Å². The van der Waals surface area contributed by atoms with Crippen LogP contribution >= 0.6 is 11.6 Å². The Labute approximate surface area is 104 Å². The quantitative estimate of drug-likeness (QED) is 0.868. The summed E-state index contributed by atoms with van der Waals surface area (Å²) < 4.78 is 0. The topological polar surface area (TPSA) is 49.3 Å². The number of hydrogen-bond acceptors (Lipinski definition) is 2. The normalized spacial score (nSPS) is 9.94. The molecule has 86 valence electrons. The Morgan fingerprint density at radius 3 is 2.41 bits per heavy atom. The number of carbonyl (C=O) groups is 1. The molecule has 0 saturated heterocycles. The van der Waals surface area contributed by atoms with Crippen molar-refractivity contribution in [2.24, 2.45) is 0 Å². The van der Waals surface area contributed by atoms with Crippen molar-refractivity contribution in [3.05, 3.63) is 59.1 Å². The number of carboxylic acids is 1. The monoisotopic (exact) mass is 247 g/mol. The van der Waals surface area contributed by atoms with Crippen molar-refractivity contribution >= 4 is 28.9 Å². The van der Waals surface area contributed by atoms with Gasteiger partial charge in [0.05, 0.1) is 10.6 Å². The molecule has 0 aliphatic rings. The van der Waals surface area contributed by atoms with Crippen molar-refractivity contribution < 1.29 is 9.90 Å². The third-order valence-electron chi connectivity index (χ3n) is 2.26. The average Bonchev–Trinajstić information content (AvgIpc) is 2.32. The van der Waals surface area contributed by atoms with Gasteiger partial charge >= 0.3 is 5.97 Å². The van der Waals surface area contributed by atoms with E-state index >= 15 is 0 Å². The van der Waals surface area contributed by atoms with Gasteiger partial charge in [0.25, 0.3) is 0 Å². The Kier molecular flexibility index (Phi) is 3.30. The molecule has 0 atom stereocenters. The van der Waals surface area contributed by atoms with Crippen molar-refractivity contribution in [2.75, 3.05) is 5.32 Å². The van der Waals surface area contributed by atoms with E-state index in [1.807, 2.05) is 30.3 Å². The minimum absolute atomic E-state index is 0.0904. The lowest BCUT2D eigenvalue weighted by molar-refractivity contribution is 0.0697. The minimum atomic E-state index is -1.04. The highest BCUT2D eigenvalue weighted by atomic mass is 35.5. The molecule has 0 amide bonds. The molecule has 2 aromatic carbocycles. The lowest BCUT2D eigenvalue weighted by Gasteiger charge is -2.07. The Bertz CT molecular complexity index is 540. The van der Waals surface area contributed by atoms with E-state index in [-0.39, 0.29) is 10.6 Å². The van der Waals surface area contributed by atoms with Gasteiger partial charge in [0.1, 0.15) is 0 Å². The molecule has 0 unspecified atom stereocenters. The molecule has 0 aliphatic carbocycles. The fourth-order valence-corrected chi connectivity index (χ4v) is 1.65. The van der Waals surface area contributed by atoms with Gasteiger partial charge in [0.2, 0.25) is 0 Å². The number of aromatic carboxylic acids is 1. The number of rotatable bonds is 3. The molecule has 0 spiro atoms. The predicted octanol–water partition coefficient (Wildman–Crippen LogP) is 3.78. The van der Waals surface area contributed by atoms with E-state index in [9.17, 15) is 4.79 Å². The fourth-order valence-electron chi connectivity index (χ4n) is 1.46. The number of carboxylic acid groups (broad SMARTS) is 1. The van der Waals surface area contributed by atoms with Crippen LogP contribution in [0.4, 0.5) is 11.4 Å². The zero-order valence-corrected chi connectivity index (χ0v) is 9.61. The molecular formula is C13H10ClNO2. The molecule has 0 radical (unpaired) electrons. The summed E-state index contributed by atoms with van der Waals surface area (Å²) in [6.45, 7) is 0. The second kappa shape index (κ2) is 4.89. The molecule has 0 bridgehead atoms. The van der Waals surface area contributed by atoms with Crippen molar-refractivity contribution in [3.63, 3.8) is 0 Å². The van der Waals surface area contributed by atoms with Crippen molar-refractivity contribution in [1.82, 2.24) is 0 Å². The lowest BCUT2D eigenvalue weighted by atomic mass is 10.2. The van der Waals surface area contributed by atoms with E-state index in [4.69, 9.17) is 16.7 Å². The minimum Gasteiger partial charge on any atom is -0.478 e. The molecule has 4 heteroatoms. The Morgan fingerprint density at radius 2 is 1.76 bits per heavy atom. The SMILES string of the molecule is O=C(O)c1cc(Nc2ccccc2)ccc1Cl. The molecule has 2 N–H and O–H groups in total. The summed E-state index contributed by atoms with van der Waals surface area (Å²) in [6, 6.07) is 14.3. The molecule has 3 nitrogen and oxygen atoms in total. The Morgan fingerprint density at radius 1 is 1.06 bits per heavy atom. The fraction of sp³-hybridized carbons (Fsp3) is 0. The first-order valence-electron chi connectivity index (χ1n) is 5.02. The molecule has 17 heavy (non-hydrogen) atoms. The summed E-state index contributed by atoms with van der Waals surface area (Å²) in [6.07, 6.45) is 0. The first kappa shape index (κ1) is 11.5. The van der Waals surface area contributed by atoms with Gasteiger partial charge in [0, 0.05) is 11.4 Å². The molecule has 2 rings (SSSR count). The zero-order chi connectivity index (χ0) is 12.3. The second-order valence-electron chi connectivity index (χ2n) is 3.49. The van der Waals surface area contributed by atoms with Crippen molar-refractivity contribution in [1.29, 1.82) is 0 Å². The number of halogens is 1. The van der Waals surface area contributed by atoms with Gasteiger partial charge in [-0.1, -0.05) is 29.8 Å². The summed E-state index contributed by atoms with van der Waals surface area (Å²) in [5, 5.41) is 12.3. The van der Waals surface area contributed by atoms with E-state index in [0.29, 0.717) is 5.69 Å². The van der Waals surface area contributed by atoms with Crippen molar-refractivity contribution in [3.8, 4) is 0 Å². The third kappa shape index (κ3) is 2.77. The molecular weight excluding hydrogens is 238 g/mol. The van der Waals surface area contributed by atoms with Crippen LogP contribution in [0.1, 0.15) is 10.4 Å². The van der Waals surface area contributed by atoms with Crippen LogP contribution in [0, 0.1) is 0 Å². The van der Waals surface area contributed by atoms with Crippen LogP contribution in [-0.4, -0.2) is 11.1 Å². The van der Waals surface area contributed by atoms with E-state index < -0.39 is 5.97 Å². The van der Waals surface area contributed by atoms with Crippen LogP contribution in [0.3, 0.4) is 0 Å². The van der Waals surface area contributed by atoms with Crippen LogP contribution in [0.15, 0.2) is 48.5 Å². The largest absolute Gasteiger partial charge is 0.478 e. The van der Waals surface area contributed by atoms with Crippen LogP contribution in [0.5, 0.6) is 0 Å². The Hall–Kier alpha value is -2.00. The number of benzene rings is 2. The van der Waals surface area contributed by atoms with Gasteiger partial charge in [-0.25, -0.2) is 4.79 Å². The molecule has 0 saturated carbocycles. The molecule has 0 aliphatic heterocycles. The van der Waals surface area contributed by atoms with Gasteiger partial charge in [-0.2, -0.15) is 0 Å². The average molecular weight is 248 g/mol. The number of hydrogen-bond donors (Lipinski definition) is 2. The van der Waals surface area contributed by atoms with Crippen molar-refractivity contribution in [2.45, 2.75) is 0 Å². The highest BCUT2D eigenvalue weighted by Gasteiger charge is 2.09. The van der Waals surface area contributed by atoms with E-state index in [1.165, 1.54) is 6.07 Å². The summed E-state index contributed by atoms with van der Waals surface area (Å²) >= 11 is 5.79. The van der Waals surface area contributed by atoms with Gasteiger partial charge < -0.3 is 10.4 Å². The first-order valence-corrected chi connectivity index (χ1v) is 5.39. The zero-order valence-electron chi connectivity index (χ0n) is 8.85. The number of anilines is 2. The first-order chi connectivity index (χ1) is 8.16. The standard InChI is InChI=1S/C13H10ClNO2/c14-12-7-6-10(8-11(12)13(16)17)15-9-4-2-1-3-5-9/h1-8,15H,(H,16,17). The molecule has 0 aromatic heterocycles. The number of para-hydroxylation sites is 1. The van der Waals surface area contributed by atoms with Crippen LogP contribution in [-0.2, 0) is 0 Å². The van der Waals surface area contributed by atoms with Crippen LogP contribution in [0.2, 0.25) is 5.02 Å². The highest BCUT2D eigenvalue weighted by molar-refractivity contribution is 6.33. The Balaban J connectivity index is 2.29. The lowest BCUT2D eigenvalue weighted by Crippen LogP contribution is -1.99. The van der Waals surface area contributed by atoms with Gasteiger partial charge in [-0.05, 0) is 30.3 Å². The van der Waals surface area contributed by atoms with E-state index in [1.54, 1.807) is 12.1 Å². The van der Waals surface area contributed by atoms with E-state index in [2.05, 4.69) is 5.32 Å².